The van der Waals surface area contributed by atoms with E-state index < -0.39 is 67.3 Å². The zero-order valence-electron chi connectivity index (χ0n) is 33.8. The van der Waals surface area contributed by atoms with E-state index in [4.69, 9.17) is 42.6 Å². The number of ether oxygens (including phenoxy) is 9. The van der Waals surface area contributed by atoms with Gasteiger partial charge >= 0.3 is 5.97 Å². The van der Waals surface area contributed by atoms with Gasteiger partial charge in [0.05, 0.1) is 45.7 Å². The molecular formula is C47H55NO11. The van der Waals surface area contributed by atoms with Crippen molar-refractivity contribution in [2.24, 2.45) is 0 Å². The maximum absolute atomic E-state index is 12.8. The van der Waals surface area contributed by atoms with E-state index in [0.717, 1.165) is 22.3 Å². The Labute approximate surface area is 346 Å². The number of hydrogen-bond acceptors (Lipinski definition) is 11. The largest absolute Gasteiger partial charge is 0.454 e. The predicted octanol–water partition coefficient (Wildman–Crippen LogP) is 6.45. The highest BCUT2D eigenvalue weighted by Gasteiger charge is 2.52. The van der Waals surface area contributed by atoms with E-state index in [1.165, 1.54) is 13.8 Å². The number of carbonyl (C=O) groups is 2. The highest BCUT2D eigenvalue weighted by molar-refractivity contribution is 5.73. The summed E-state index contributed by atoms with van der Waals surface area (Å²) in [5.41, 5.74) is 3.75. The van der Waals surface area contributed by atoms with Gasteiger partial charge in [0.2, 0.25) is 5.91 Å². The molecule has 2 aliphatic rings. The molecule has 0 unspecified atom stereocenters. The van der Waals surface area contributed by atoms with Crippen LogP contribution in [-0.4, -0.2) is 86.4 Å². The molecule has 12 nitrogen and oxygen atoms in total. The van der Waals surface area contributed by atoms with Gasteiger partial charge in [-0.1, -0.05) is 127 Å². The average Bonchev–Trinajstić information content (AvgIpc) is 3.25. The topological polar surface area (TPSA) is 129 Å². The van der Waals surface area contributed by atoms with Gasteiger partial charge in [0, 0.05) is 13.8 Å². The minimum Gasteiger partial charge on any atom is -0.454 e. The van der Waals surface area contributed by atoms with Crippen LogP contribution in [0.1, 0.15) is 43.0 Å². The van der Waals surface area contributed by atoms with E-state index in [-0.39, 0.29) is 45.5 Å². The molecule has 59 heavy (non-hydrogen) atoms. The Morgan fingerprint density at radius 1 is 0.576 bits per heavy atom. The number of benzene rings is 4. The zero-order valence-corrected chi connectivity index (χ0v) is 33.8. The highest BCUT2D eigenvalue weighted by Crippen LogP contribution is 2.33. The van der Waals surface area contributed by atoms with Gasteiger partial charge in [-0.3, -0.25) is 9.59 Å². The Balaban J connectivity index is 1.29. The van der Waals surface area contributed by atoms with Crippen LogP contribution in [0, 0.1) is 0 Å². The first-order chi connectivity index (χ1) is 28.8. The Morgan fingerprint density at radius 3 is 1.49 bits per heavy atom. The second kappa shape index (κ2) is 22.6. The van der Waals surface area contributed by atoms with Gasteiger partial charge in [0.1, 0.15) is 36.6 Å². The molecule has 4 aromatic rings. The van der Waals surface area contributed by atoms with Gasteiger partial charge in [-0.2, -0.15) is 0 Å². The van der Waals surface area contributed by atoms with Crippen LogP contribution in [0.3, 0.4) is 0 Å². The first-order valence-corrected chi connectivity index (χ1v) is 20.0. The summed E-state index contributed by atoms with van der Waals surface area (Å²) in [5, 5.41) is 3.00. The fourth-order valence-electron chi connectivity index (χ4n) is 7.23. The van der Waals surface area contributed by atoms with Crippen LogP contribution in [0.5, 0.6) is 0 Å². The van der Waals surface area contributed by atoms with E-state index in [9.17, 15) is 9.59 Å². The van der Waals surface area contributed by atoms with E-state index in [2.05, 4.69) is 11.9 Å². The third kappa shape index (κ3) is 12.9. The third-order valence-corrected chi connectivity index (χ3v) is 9.99. The normalized spacial score (nSPS) is 26.8. The lowest BCUT2D eigenvalue weighted by molar-refractivity contribution is -0.331. The summed E-state index contributed by atoms with van der Waals surface area (Å²) in [5.74, 6) is -0.838. The molecule has 0 bridgehead atoms. The summed E-state index contributed by atoms with van der Waals surface area (Å²) in [6, 6.07) is 38.2. The minimum atomic E-state index is -1.10. The lowest BCUT2D eigenvalue weighted by Crippen LogP contribution is -2.66. The van der Waals surface area contributed by atoms with E-state index >= 15 is 0 Å². The molecule has 1 amide bonds. The second-order valence-corrected chi connectivity index (χ2v) is 14.6. The standard InChI is InChI=1S/C47H55NO11/c1-5-26-51-46-40(48-33(3)49)43(54-29-37-22-14-8-15-23-37)42(53-28-36-20-12-7-13-21-36)39(59-46)31-56-47-45(58-34(4)50)44(55-30-38-24-16-9-17-25-38)41(32(2)57-47)52-27-35-18-10-6-11-19-35/h5-25,32,39-47H,1,26-31H2,2-4H3,(H,48,49)/t32-,39+,40+,41-,42+,43+,44+,45+,46-,47+/m0/s1. The summed E-state index contributed by atoms with van der Waals surface area (Å²) < 4.78 is 58.2. The van der Waals surface area contributed by atoms with Crippen molar-refractivity contribution in [1.29, 1.82) is 0 Å². The van der Waals surface area contributed by atoms with Gasteiger partial charge in [-0.05, 0) is 29.2 Å². The van der Waals surface area contributed by atoms with E-state index in [0.29, 0.717) is 0 Å². The van der Waals surface area contributed by atoms with E-state index in [1.54, 1.807) is 6.08 Å². The molecule has 0 aliphatic carbocycles. The molecule has 12 heteroatoms. The predicted molar refractivity (Wildman–Crippen MR) is 218 cm³/mol. The second-order valence-electron chi connectivity index (χ2n) is 14.6. The van der Waals surface area contributed by atoms with Crippen molar-refractivity contribution in [2.75, 3.05) is 13.2 Å². The van der Waals surface area contributed by atoms with Crippen LogP contribution >= 0.6 is 0 Å². The summed E-state index contributed by atoms with van der Waals surface area (Å²) in [7, 11) is 0. The Hall–Kier alpha value is -4.76. The number of hydrogen-bond donors (Lipinski definition) is 1. The fourth-order valence-corrected chi connectivity index (χ4v) is 7.23. The molecule has 10 atom stereocenters. The third-order valence-electron chi connectivity index (χ3n) is 9.99. The van der Waals surface area contributed by atoms with Gasteiger partial charge in [-0.15, -0.1) is 6.58 Å². The highest BCUT2D eigenvalue weighted by atomic mass is 16.7. The molecule has 2 heterocycles. The molecule has 2 fully saturated rings. The van der Waals surface area contributed by atoms with Crippen molar-refractivity contribution in [3.05, 3.63) is 156 Å². The van der Waals surface area contributed by atoms with Crippen molar-refractivity contribution >= 4 is 11.9 Å². The lowest BCUT2D eigenvalue weighted by atomic mass is 9.95. The van der Waals surface area contributed by atoms with Crippen LogP contribution < -0.4 is 5.32 Å². The molecule has 0 saturated carbocycles. The SMILES string of the molecule is C=CCO[C@H]1O[C@H](CO[C@@H]2O[C@@H](C)[C@H](OCc3ccccc3)[C@@H](OCc3ccccc3)[C@H]2OC(C)=O)[C@@H](OCc2ccccc2)[C@H](OCc2ccccc2)[C@H]1NC(C)=O. The lowest BCUT2D eigenvalue weighted by Gasteiger charge is -2.47. The van der Waals surface area contributed by atoms with Crippen LogP contribution in [0.4, 0.5) is 0 Å². The maximum Gasteiger partial charge on any atom is 0.303 e. The molecule has 0 aromatic heterocycles. The molecule has 6 rings (SSSR count). The molecule has 314 valence electrons. The number of esters is 1. The van der Waals surface area contributed by atoms with Crippen molar-refractivity contribution in [1.82, 2.24) is 5.32 Å². The van der Waals surface area contributed by atoms with Gasteiger partial charge in [-0.25, -0.2) is 0 Å². The monoisotopic (exact) mass is 809 g/mol. The molecular weight excluding hydrogens is 755 g/mol. The summed E-state index contributed by atoms with van der Waals surface area (Å²) in [6.45, 7) is 9.41. The van der Waals surface area contributed by atoms with Crippen molar-refractivity contribution in [3.8, 4) is 0 Å². The van der Waals surface area contributed by atoms with Crippen molar-refractivity contribution in [2.45, 2.75) is 109 Å². The summed E-state index contributed by atoms with van der Waals surface area (Å²) in [6.07, 6.45) is -5.88. The van der Waals surface area contributed by atoms with Gasteiger partial charge < -0.3 is 47.9 Å². The first kappa shape index (κ1) is 43.8. The van der Waals surface area contributed by atoms with Crippen LogP contribution in [0.2, 0.25) is 0 Å². The summed E-state index contributed by atoms with van der Waals surface area (Å²) >= 11 is 0. The van der Waals surface area contributed by atoms with Crippen LogP contribution in [-0.2, 0) is 78.6 Å². The maximum atomic E-state index is 12.8. The zero-order chi connectivity index (χ0) is 41.4. The van der Waals surface area contributed by atoms with Gasteiger partial charge in [0.15, 0.2) is 18.7 Å². The van der Waals surface area contributed by atoms with E-state index in [1.807, 2.05) is 128 Å². The smallest absolute Gasteiger partial charge is 0.303 e. The molecule has 4 aromatic carbocycles. The number of rotatable bonds is 20. The number of carbonyl (C=O) groups excluding carboxylic acids is 2. The Bertz CT molecular complexity index is 1850. The molecule has 1 N–H and O–H groups in total. The minimum absolute atomic E-state index is 0.110. The molecule has 0 spiro atoms. The fraction of sp³-hybridized carbons (Fsp3) is 0.404. The summed E-state index contributed by atoms with van der Waals surface area (Å²) in [4.78, 5) is 25.5. The molecule has 2 saturated heterocycles. The van der Waals surface area contributed by atoms with Gasteiger partial charge in [0.25, 0.3) is 0 Å². The number of nitrogens with one attached hydrogen (secondary N) is 1. The molecule has 0 radical (unpaired) electrons. The average molecular weight is 810 g/mol. The van der Waals surface area contributed by atoms with Crippen molar-refractivity contribution < 1.29 is 52.2 Å². The first-order valence-electron chi connectivity index (χ1n) is 20.0. The Morgan fingerprint density at radius 2 is 1.03 bits per heavy atom. The van der Waals surface area contributed by atoms with Crippen LogP contribution in [0.15, 0.2) is 134 Å². The van der Waals surface area contributed by atoms with Crippen LogP contribution in [0.25, 0.3) is 0 Å². The van der Waals surface area contributed by atoms with Crippen molar-refractivity contribution in [3.63, 3.8) is 0 Å². The Kier molecular flexibility index (Phi) is 16.8. The quantitative estimate of drug-likeness (QED) is 0.0781. The number of amides is 1. The molecule has 2 aliphatic heterocycles.